The third kappa shape index (κ3) is 1.04. The van der Waals surface area contributed by atoms with Gasteiger partial charge in [-0.2, -0.15) is 0 Å². The summed E-state index contributed by atoms with van der Waals surface area (Å²) < 4.78 is 0. The molecule has 0 aliphatic carbocycles. The molecule has 0 bridgehead atoms. The van der Waals surface area contributed by atoms with Gasteiger partial charge < -0.3 is 11.1 Å². The first-order valence-corrected chi connectivity index (χ1v) is 4.28. The number of nitrogens with two attached hydrogens (primary N) is 1. The Balaban J connectivity index is 2.43. The van der Waals surface area contributed by atoms with E-state index in [1.165, 1.54) is 11.3 Å². The minimum Gasteiger partial charge on any atom is -0.323 e. The molecule has 2 rings (SSSR count). The molecule has 1 atom stereocenters. The van der Waals surface area contributed by atoms with E-state index in [9.17, 15) is 4.79 Å². The van der Waals surface area contributed by atoms with Gasteiger partial charge in [-0.1, -0.05) is 0 Å². The summed E-state index contributed by atoms with van der Waals surface area (Å²) in [5, 5.41) is 5.62. The Labute approximate surface area is 68.2 Å². The molecule has 1 unspecified atom stereocenters. The number of hydrogen-bond acceptors (Lipinski definition) is 3. The van der Waals surface area contributed by atoms with Gasteiger partial charge in [0.25, 0.3) is 0 Å². The van der Waals surface area contributed by atoms with Crippen molar-refractivity contribution in [2.45, 2.75) is 12.5 Å². The van der Waals surface area contributed by atoms with Gasteiger partial charge in [0.15, 0.2) is 0 Å². The molecule has 1 aliphatic rings. The smallest absolute Gasteiger partial charge is 0.226 e. The van der Waals surface area contributed by atoms with Crippen LogP contribution in [0.1, 0.15) is 18.0 Å². The van der Waals surface area contributed by atoms with Crippen molar-refractivity contribution in [3.05, 3.63) is 17.0 Å². The molecule has 4 heteroatoms. The molecule has 0 fully saturated rings. The fourth-order valence-corrected chi connectivity index (χ4v) is 2.08. The van der Waals surface area contributed by atoms with Crippen LogP contribution in [0.15, 0.2) is 11.4 Å². The predicted molar refractivity (Wildman–Crippen MR) is 44.5 cm³/mol. The maximum atomic E-state index is 10.9. The van der Waals surface area contributed by atoms with E-state index in [4.69, 9.17) is 5.73 Å². The SMILES string of the molecule is NC1CC(=O)Nc2sccc21. The molecule has 0 radical (unpaired) electrons. The topological polar surface area (TPSA) is 55.1 Å². The van der Waals surface area contributed by atoms with E-state index in [0.717, 1.165) is 10.6 Å². The summed E-state index contributed by atoms with van der Waals surface area (Å²) in [5.41, 5.74) is 6.79. The first-order chi connectivity index (χ1) is 5.27. The van der Waals surface area contributed by atoms with Crippen LogP contribution in [-0.2, 0) is 4.79 Å². The minimum absolute atomic E-state index is 0.0208. The molecule has 3 N–H and O–H groups in total. The molecule has 58 valence electrons. The van der Waals surface area contributed by atoms with E-state index in [1.807, 2.05) is 11.4 Å². The van der Waals surface area contributed by atoms with Crippen LogP contribution in [-0.4, -0.2) is 5.91 Å². The van der Waals surface area contributed by atoms with Crippen LogP contribution in [0, 0.1) is 0 Å². The van der Waals surface area contributed by atoms with Crippen molar-refractivity contribution in [1.29, 1.82) is 0 Å². The zero-order valence-electron chi connectivity index (χ0n) is 5.83. The number of fused-ring (bicyclic) bond motifs is 1. The summed E-state index contributed by atoms with van der Waals surface area (Å²) in [7, 11) is 0. The maximum absolute atomic E-state index is 10.9. The summed E-state index contributed by atoms with van der Waals surface area (Å²) in [5.74, 6) is 0.0208. The van der Waals surface area contributed by atoms with Crippen LogP contribution in [0.4, 0.5) is 5.00 Å². The predicted octanol–water partition coefficient (Wildman–Crippen LogP) is 1.09. The number of anilines is 1. The molecule has 11 heavy (non-hydrogen) atoms. The van der Waals surface area contributed by atoms with Gasteiger partial charge in [0, 0.05) is 18.0 Å². The molecule has 0 saturated heterocycles. The monoisotopic (exact) mass is 168 g/mol. The average molecular weight is 168 g/mol. The number of thiophene rings is 1. The number of hydrogen-bond donors (Lipinski definition) is 2. The van der Waals surface area contributed by atoms with Gasteiger partial charge in [-0.3, -0.25) is 4.79 Å². The van der Waals surface area contributed by atoms with E-state index >= 15 is 0 Å². The lowest BCUT2D eigenvalue weighted by molar-refractivity contribution is -0.116. The van der Waals surface area contributed by atoms with Crippen LogP contribution in [0.25, 0.3) is 0 Å². The Morgan fingerprint density at radius 1 is 1.73 bits per heavy atom. The highest BCUT2D eigenvalue weighted by Gasteiger charge is 2.22. The molecule has 0 spiro atoms. The lowest BCUT2D eigenvalue weighted by atomic mass is 10.0. The Bertz CT molecular complexity index is 294. The van der Waals surface area contributed by atoms with Crippen molar-refractivity contribution < 1.29 is 4.79 Å². The highest BCUT2D eigenvalue weighted by atomic mass is 32.1. The Kier molecular flexibility index (Phi) is 1.44. The van der Waals surface area contributed by atoms with Crippen LogP contribution < -0.4 is 11.1 Å². The van der Waals surface area contributed by atoms with Crippen LogP contribution in [0.2, 0.25) is 0 Å². The third-order valence-electron chi connectivity index (χ3n) is 1.75. The molecule has 1 amide bonds. The highest BCUT2D eigenvalue weighted by molar-refractivity contribution is 7.14. The Hall–Kier alpha value is -0.870. The normalized spacial score (nSPS) is 22.6. The molecular weight excluding hydrogens is 160 g/mol. The Morgan fingerprint density at radius 2 is 2.55 bits per heavy atom. The average Bonchev–Trinajstić information content (AvgIpc) is 2.34. The number of rotatable bonds is 0. The van der Waals surface area contributed by atoms with E-state index in [2.05, 4.69) is 5.32 Å². The summed E-state index contributed by atoms with van der Waals surface area (Å²) in [4.78, 5) is 10.9. The van der Waals surface area contributed by atoms with Crippen molar-refractivity contribution in [2.24, 2.45) is 5.73 Å². The first-order valence-electron chi connectivity index (χ1n) is 3.40. The molecule has 1 aromatic rings. The van der Waals surface area contributed by atoms with E-state index in [-0.39, 0.29) is 11.9 Å². The van der Waals surface area contributed by atoms with Gasteiger partial charge in [-0.25, -0.2) is 0 Å². The van der Waals surface area contributed by atoms with Crippen molar-refractivity contribution in [1.82, 2.24) is 0 Å². The minimum atomic E-state index is -0.106. The van der Waals surface area contributed by atoms with Gasteiger partial charge in [-0.15, -0.1) is 11.3 Å². The van der Waals surface area contributed by atoms with E-state index in [0.29, 0.717) is 6.42 Å². The van der Waals surface area contributed by atoms with Crippen molar-refractivity contribution in [2.75, 3.05) is 5.32 Å². The second-order valence-electron chi connectivity index (χ2n) is 2.56. The van der Waals surface area contributed by atoms with Gasteiger partial charge in [0.1, 0.15) is 0 Å². The number of amides is 1. The van der Waals surface area contributed by atoms with Gasteiger partial charge in [-0.05, 0) is 11.4 Å². The first kappa shape index (κ1) is 6.82. The van der Waals surface area contributed by atoms with Crippen LogP contribution in [0.3, 0.4) is 0 Å². The van der Waals surface area contributed by atoms with Gasteiger partial charge >= 0.3 is 0 Å². The second-order valence-corrected chi connectivity index (χ2v) is 3.48. The molecule has 2 heterocycles. The molecule has 1 aliphatic heterocycles. The van der Waals surface area contributed by atoms with E-state index in [1.54, 1.807) is 0 Å². The number of carbonyl (C=O) groups is 1. The van der Waals surface area contributed by atoms with Crippen molar-refractivity contribution in [3.63, 3.8) is 0 Å². The summed E-state index contributed by atoms with van der Waals surface area (Å²) in [6.07, 6.45) is 0.406. The maximum Gasteiger partial charge on any atom is 0.226 e. The molecular formula is C7H8N2OS. The molecule has 0 aromatic carbocycles. The molecule has 0 saturated carbocycles. The van der Waals surface area contributed by atoms with Crippen molar-refractivity contribution >= 4 is 22.2 Å². The largest absolute Gasteiger partial charge is 0.323 e. The highest BCUT2D eigenvalue weighted by Crippen LogP contribution is 2.32. The lowest BCUT2D eigenvalue weighted by Gasteiger charge is -2.18. The quantitative estimate of drug-likeness (QED) is 0.609. The third-order valence-corrected chi connectivity index (χ3v) is 2.60. The van der Waals surface area contributed by atoms with Gasteiger partial charge in [0.2, 0.25) is 5.91 Å². The summed E-state index contributed by atoms with van der Waals surface area (Å²) in [6.45, 7) is 0. The molecule has 1 aromatic heterocycles. The van der Waals surface area contributed by atoms with Crippen LogP contribution >= 0.6 is 11.3 Å². The fraction of sp³-hybridized carbons (Fsp3) is 0.286. The Morgan fingerprint density at radius 3 is 3.36 bits per heavy atom. The van der Waals surface area contributed by atoms with Gasteiger partial charge in [0.05, 0.1) is 5.00 Å². The number of carbonyl (C=O) groups excluding carboxylic acids is 1. The van der Waals surface area contributed by atoms with Crippen LogP contribution in [0.5, 0.6) is 0 Å². The zero-order valence-corrected chi connectivity index (χ0v) is 6.65. The summed E-state index contributed by atoms with van der Waals surface area (Å²) >= 11 is 1.52. The lowest BCUT2D eigenvalue weighted by Crippen LogP contribution is -2.25. The standard InChI is InChI=1S/C7H8N2OS/c8-5-3-6(10)9-7-4(5)1-2-11-7/h1-2,5H,3,8H2,(H,9,10). The number of nitrogens with one attached hydrogen (secondary N) is 1. The second kappa shape index (κ2) is 2.32. The van der Waals surface area contributed by atoms with Crippen molar-refractivity contribution in [3.8, 4) is 0 Å². The zero-order chi connectivity index (χ0) is 7.84. The summed E-state index contributed by atoms with van der Waals surface area (Å²) in [6, 6.07) is 1.86. The molecule has 3 nitrogen and oxygen atoms in total. The fourth-order valence-electron chi connectivity index (χ4n) is 1.20. The van der Waals surface area contributed by atoms with E-state index < -0.39 is 0 Å².